The third-order valence-electron chi connectivity index (χ3n) is 2.38. The second-order valence-corrected chi connectivity index (χ2v) is 5.05. The summed E-state index contributed by atoms with van der Waals surface area (Å²) in [6.45, 7) is 5.57. The molecule has 0 radical (unpaired) electrons. The van der Waals surface area contributed by atoms with Crippen LogP contribution < -0.4 is 4.90 Å². The Labute approximate surface area is 105 Å². The van der Waals surface area contributed by atoms with Gasteiger partial charge in [-0.1, -0.05) is 13.8 Å². The number of anilines is 1. The van der Waals surface area contributed by atoms with Gasteiger partial charge in [-0.05, 0) is 12.1 Å². The molecule has 0 spiro atoms. The van der Waals surface area contributed by atoms with Gasteiger partial charge in [0, 0.05) is 41.6 Å². The fourth-order valence-corrected chi connectivity index (χ4v) is 2.56. The van der Waals surface area contributed by atoms with Crippen LogP contribution in [0.15, 0.2) is 18.3 Å². The van der Waals surface area contributed by atoms with Crippen LogP contribution in [0.2, 0.25) is 0 Å². The van der Waals surface area contributed by atoms with Gasteiger partial charge in [0.1, 0.15) is 11.9 Å². The minimum absolute atomic E-state index is 0.569. The van der Waals surface area contributed by atoms with E-state index < -0.39 is 10.8 Å². The van der Waals surface area contributed by atoms with E-state index in [4.69, 9.17) is 5.26 Å². The quantitative estimate of drug-likeness (QED) is 0.760. The molecule has 4 nitrogen and oxygen atoms in total. The molecule has 2 rings (SSSR count). The van der Waals surface area contributed by atoms with Gasteiger partial charge >= 0.3 is 0 Å². The number of pyridine rings is 1. The minimum Gasteiger partial charge on any atom is -0.355 e. The number of hydrogen-bond donors (Lipinski definition) is 0. The summed E-state index contributed by atoms with van der Waals surface area (Å²) in [7, 11) is -0.662. The van der Waals surface area contributed by atoms with Gasteiger partial charge in [0.05, 0.1) is 5.56 Å². The summed E-state index contributed by atoms with van der Waals surface area (Å²) in [6, 6.07) is 5.63. The first-order valence-electron chi connectivity index (χ1n) is 5.75. The van der Waals surface area contributed by atoms with E-state index in [1.54, 1.807) is 12.3 Å². The van der Waals surface area contributed by atoms with Crippen molar-refractivity contribution in [2.75, 3.05) is 29.5 Å². The van der Waals surface area contributed by atoms with Crippen LogP contribution >= 0.6 is 0 Å². The first-order valence-corrected chi connectivity index (χ1v) is 7.24. The summed E-state index contributed by atoms with van der Waals surface area (Å²) in [5.41, 5.74) is 0.569. The summed E-state index contributed by atoms with van der Waals surface area (Å²) < 4.78 is 11.2. The van der Waals surface area contributed by atoms with E-state index >= 15 is 0 Å². The van der Waals surface area contributed by atoms with E-state index in [-0.39, 0.29) is 0 Å². The highest BCUT2D eigenvalue weighted by atomic mass is 32.2. The molecule has 0 amide bonds. The molecule has 0 aliphatic carbocycles. The van der Waals surface area contributed by atoms with Gasteiger partial charge in [-0.25, -0.2) is 4.98 Å². The lowest BCUT2D eigenvalue weighted by Crippen LogP contribution is -2.38. The molecule has 1 aliphatic rings. The van der Waals surface area contributed by atoms with Gasteiger partial charge in [0.25, 0.3) is 0 Å². The summed E-state index contributed by atoms with van der Waals surface area (Å²) in [6.07, 6.45) is 1.57. The van der Waals surface area contributed by atoms with Crippen LogP contribution in [0.4, 0.5) is 5.82 Å². The highest BCUT2D eigenvalue weighted by Gasteiger charge is 2.15. The lowest BCUT2D eigenvalue weighted by Gasteiger charge is -2.27. The van der Waals surface area contributed by atoms with Crippen LogP contribution in [-0.4, -0.2) is 33.8 Å². The largest absolute Gasteiger partial charge is 0.355 e. The topological polar surface area (TPSA) is 57.0 Å². The van der Waals surface area contributed by atoms with Crippen molar-refractivity contribution in [3.63, 3.8) is 0 Å². The molecule has 0 atom stereocenters. The smallest absolute Gasteiger partial charge is 0.128 e. The molecule has 1 fully saturated rings. The van der Waals surface area contributed by atoms with Crippen molar-refractivity contribution in [3.8, 4) is 6.07 Å². The fraction of sp³-hybridized carbons (Fsp3) is 0.500. The molecule has 1 aliphatic heterocycles. The molecule has 5 heteroatoms. The van der Waals surface area contributed by atoms with Crippen molar-refractivity contribution >= 4 is 16.6 Å². The molecule has 1 aromatic rings. The number of nitriles is 1. The van der Waals surface area contributed by atoms with E-state index in [0.717, 1.165) is 18.9 Å². The van der Waals surface area contributed by atoms with Gasteiger partial charge in [0.2, 0.25) is 0 Å². The van der Waals surface area contributed by atoms with Crippen LogP contribution in [0.5, 0.6) is 0 Å². The molecule has 17 heavy (non-hydrogen) atoms. The zero-order valence-electron chi connectivity index (χ0n) is 10.2. The predicted octanol–water partition coefficient (Wildman–Crippen LogP) is 1.55. The Bertz CT molecular complexity index is 401. The van der Waals surface area contributed by atoms with Crippen LogP contribution in [0.1, 0.15) is 19.4 Å². The van der Waals surface area contributed by atoms with Crippen molar-refractivity contribution in [1.29, 1.82) is 5.26 Å². The van der Waals surface area contributed by atoms with Crippen molar-refractivity contribution in [2.24, 2.45) is 0 Å². The average Bonchev–Trinajstić information content (AvgIpc) is 2.42. The molecule has 1 saturated heterocycles. The normalized spacial score (nSPS) is 15.7. The first kappa shape index (κ1) is 13.7. The van der Waals surface area contributed by atoms with E-state index in [2.05, 4.69) is 9.88 Å². The van der Waals surface area contributed by atoms with Crippen LogP contribution in [0, 0.1) is 11.3 Å². The van der Waals surface area contributed by atoms with Crippen LogP contribution in [0.3, 0.4) is 0 Å². The zero-order valence-corrected chi connectivity index (χ0v) is 11.0. The van der Waals surface area contributed by atoms with Crippen molar-refractivity contribution in [1.82, 2.24) is 4.98 Å². The van der Waals surface area contributed by atoms with Crippen molar-refractivity contribution in [3.05, 3.63) is 23.9 Å². The Kier molecular flexibility index (Phi) is 5.64. The molecule has 0 aromatic carbocycles. The molecule has 0 saturated carbocycles. The SMILES string of the molecule is CC.N#Cc1ccc(N2CCS(=O)CC2)nc1. The van der Waals surface area contributed by atoms with Crippen molar-refractivity contribution < 1.29 is 4.21 Å². The number of hydrogen-bond acceptors (Lipinski definition) is 4. The lowest BCUT2D eigenvalue weighted by molar-refractivity contribution is 0.672. The minimum atomic E-state index is -0.662. The average molecular weight is 251 g/mol. The second-order valence-electron chi connectivity index (χ2n) is 3.35. The zero-order chi connectivity index (χ0) is 12.7. The Morgan fingerprint density at radius 3 is 2.47 bits per heavy atom. The molecule has 0 bridgehead atoms. The van der Waals surface area contributed by atoms with Gasteiger partial charge in [-0.15, -0.1) is 0 Å². The molecule has 92 valence electrons. The predicted molar refractivity (Wildman–Crippen MR) is 70.4 cm³/mol. The molecular formula is C12H17N3OS. The second kappa shape index (κ2) is 7.02. The maximum atomic E-state index is 11.2. The van der Waals surface area contributed by atoms with Gasteiger partial charge in [0.15, 0.2) is 0 Å². The fourth-order valence-electron chi connectivity index (χ4n) is 1.51. The number of aromatic nitrogens is 1. The molecule has 1 aromatic heterocycles. The van der Waals surface area contributed by atoms with Gasteiger partial charge in [-0.3, -0.25) is 4.21 Å². The highest BCUT2D eigenvalue weighted by Crippen LogP contribution is 2.13. The van der Waals surface area contributed by atoms with Crippen LogP contribution in [-0.2, 0) is 10.8 Å². The molecule has 0 unspecified atom stereocenters. The van der Waals surface area contributed by atoms with E-state index in [1.165, 1.54) is 0 Å². The maximum Gasteiger partial charge on any atom is 0.128 e. The summed E-state index contributed by atoms with van der Waals surface area (Å²) >= 11 is 0. The first-order chi connectivity index (χ1) is 8.29. The van der Waals surface area contributed by atoms with Gasteiger partial charge < -0.3 is 4.90 Å². The summed E-state index contributed by atoms with van der Waals surface area (Å²) in [5, 5.41) is 8.63. The lowest BCUT2D eigenvalue weighted by atomic mass is 10.3. The number of rotatable bonds is 1. The Morgan fingerprint density at radius 1 is 1.35 bits per heavy atom. The van der Waals surface area contributed by atoms with E-state index in [1.807, 2.05) is 26.0 Å². The summed E-state index contributed by atoms with van der Waals surface area (Å²) in [4.78, 5) is 6.30. The van der Waals surface area contributed by atoms with Gasteiger partial charge in [-0.2, -0.15) is 5.26 Å². The highest BCUT2D eigenvalue weighted by molar-refractivity contribution is 7.85. The molecule has 2 heterocycles. The van der Waals surface area contributed by atoms with Crippen LogP contribution in [0.25, 0.3) is 0 Å². The third-order valence-corrected chi connectivity index (χ3v) is 3.65. The Hall–Kier alpha value is -1.41. The maximum absolute atomic E-state index is 11.2. The number of nitrogens with zero attached hydrogens (tertiary/aromatic N) is 3. The van der Waals surface area contributed by atoms with Crippen molar-refractivity contribution in [2.45, 2.75) is 13.8 Å². The standard InChI is InChI=1S/C10H11N3OS.C2H6/c11-7-9-1-2-10(12-8-9)13-3-5-15(14)6-4-13;1-2/h1-2,8H,3-6H2;1-2H3. The Balaban J connectivity index is 0.000000686. The Morgan fingerprint density at radius 2 is 2.00 bits per heavy atom. The molecule has 0 N–H and O–H groups in total. The van der Waals surface area contributed by atoms with E-state index in [9.17, 15) is 4.21 Å². The molecular weight excluding hydrogens is 234 g/mol. The summed E-state index contributed by atoms with van der Waals surface area (Å²) in [5.74, 6) is 2.29. The third kappa shape index (κ3) is 3.82. The van der Waals surface area contributed by atoms with E-state index in [0.29, 0.717) is 17.1 Å². The monoisotopic (exact) mass is 251 g/mol.